The molecule has 0 aromatic carbocycles. The van der Waals surface area contributed by atoms with Crippen LogP contribution in [0.1, 0.15) is 239 Å². The molecular formula is C47H92NO7P. The van der Waals surface area contributed by atoms with E-state index in [1.807, 2.05) is 6.08 Å². The SMILES string of the molecule is CCCCCCCCC=CCCCCCCCCCCCCCC(=O)OC(COC=CCCCCCCCCCCCCCCCC)COP(=O)(O)OCCN. The minimum atomic E-state index is -4.29. The number of esters is 1. The molecule has 0 aromatic heterocycles. The average molecular weight is 814 g/mol. The van der Waals surface area contributed by atoms with Gasteiger partial charge < -0.3 is 20.1 Å². The number of carbonyl (C=O) groups excluding carboxylic acids is 1. The molecule has 0 radical (unpaired) electrons. The molecule has 56 heavy (non-hydrogen) atoms. The summed E-state index contributed by atoms with van der Waals surface area (Å²) in [5.74, 6) is -0.350. The third-order valence-electron chi connectivity index (χ3n) is 10.4. The number of ether oxygens (including phenoxy) is 2. The molecule has 332 valence electrons. The van der Waals surface area contributed by atoms with Crippen LogP contribution in [0.25, 0.3) is 0 Å². The standard InChI is InChI=1S/C47H92NO7P/c1-3-5-7-9-11-13-15-17-19-21-22-23-24-25-26-28-30-32-34-36-38-40-47(49)55-46(45-54-56(50,51)53-43-41-48)44-52-42-39-37-35-33-31-29-27-20-18-16-14-12-10-8-6-4-2/h17,19,39,42,46H,3-16,18,20-38,40-41,43-45,48H2,1-2H3,(H,50,51). The van der Waals surface area contributed by atoms with Gasteiger partial charge >= 0.3 is 13.8 Å². The maximum absolute atomic E-state index is 12.6. The number of rotatable bonds is 46. The molecule has 3 N–H and O–H groups in total. The molecular weight excluding hydrogens is 721 g/mol. The molecule has 0 aliphatic carbocycles. The second-order valence-corrected chi connectivity index (χ2v) is 17.5. The Balaban J connectivity index is 3.98. The Morgan fingerprint density at radius 3 is 1.32 bits per heavy atom. The summed E-state index contributed by atoms with van der Waals surface area (Å²) in [5.41, 5.74) is 5.37. The van der Waals surface area contributed by atoms with Crippen LogP contribution in [0.15, 0.2) is 24.5 Å². The van der Waals surface area contributed by atoms with Crippen LogP contribution in [0.4, 0.5) is 0 Å². The zero-order chi connectivity index (χ0) is 40.9. The molecule has 0 amide bonds. The normalized spacial score (nSPS) is 13.5. The Kier molecular flexibility index (Phi) is 44.0. The van der Waals surface area contributed by atoms with Gasteiger partial charge in [0.25, 0.3) is 0 Å². The Morgan fingerprint density at radius 2 is 0.911 bits per heavy atom. The van der Waals surface area contributed by atoms with Crippen molar-refractivity contribution in [2.45, 2.75) is 245 Å². The lowest BCUT2D eigenvalue weighted by Crippen LogP contribution is -2.27. The summed E-state index contributed by atoms with van der Waals surface area (Å²) in [4.78, 5) is 22.5. The summed E-state index contributed by atoms with van der Waals surface area (Å²) in [6, 6.07) is 0. The molecule has 0 aliphatic heterocycles. The van der Waals surface area contributed by atoms with E-state index < -0.39 is 13.9 Å². The summed E-state index contributed by atoms with van der Waals surface area (Å²) in [5, 5.41) is 0. The first-order chi connectivity index (χ1) is 27.4. The monoisotopic (exact) mass is 814 g/mol. The molecule has 2 atom stereocenters. The van der Waals surface area contributed by atoms with E-state index in [0.717, 1.165) is 32.1 Å². The molecule has 0 aromatic rings. The van der Waals surface area contributed by atoms with Gasteiger partial charge in [-0.25, -0.2) is 4.57 Å². The van der Waals surface area contributed by atoms with Gasteiger partial charge in [0, 0.05) is 13.0 Å². The van der Waals surface area contributed by atoms with E-state index in [-0.39, 0.29) is 32.3 Å². The van der Waals surface area contributed by atoms with Crippen LogP contribution >= 0.6 is 7.82 Å². The maximum atomic E-state index is 12.6. The number of unbranched alkanes of at least 4 members (excludes halogenated alkanes) is 31. The number of carbonyl (C=O) groups is 1. The second kappa shape index (κ2) is 44.9. The lowest BCUT2D eigenvalue weighted by Gasteiger charge is -2.19. The van der Waals surface area contributed by atoms with Crippen molar-refractivity contribution in [1.29, 1.82) is 0 Å². The van der Waals surface area contributed by atoms with E-state index in [2.05, 4.69) is 26.0 Å². The number of phosphoric acid groups is 1. The first kappa shape index (κ1) is 54.8. The van der Waals surface area contributed by atoms with Crippen molar-refractivity contribution in [2.24, 2.45) is 5.73 Å². The van der Waals surface area contributed by atoms with Crippen LogP contribution in [0.2, 0.25) is 0 Å². The Hall–Kier alpha value is -1.18. The number of hydrogen-bond donors (Lipinski definition) is 2. The van der Waals surface area contributed by atoms with Crippen LogP contribution in [-0.2, 0) is 27.9 Å². The van der Waals surface area contributed by atoms with Gasteiger partial charge in [-0.05, 0) is 51.0 Å². The molecule has 0 fully saturated rings. The van der Waals surface area contributed by atoms with Crippen LogP contribution in [0.5, 0.6) is 0 Å². The van der Waals surface area contributed by atoms with Gasteiger partial charge in [-0.15, -0.1) is 0 Å². The first-order valence-electron chi connectivity index (χ1n) is 23.9. The average Bonchev–Trinajstić information content (AvgIpc) is 3.19. The highest BCUT2D eigenvalue weighted by molar-refractivity contribution is 7.47. The number of allylic oxidation sites excluding steroid dienone is 3. The van der Waals surface area contributed by atoms with E-state index >= 15 is 0 Å². The lowest BCUT2D eigenvalue weighted by atomic mass is 10.0. The lowest BCUT2D eigenvalue weighted by molar-refractivity contribution is -0.153. The van der Waals surface area contributed by atoms with E-state index in [1.165, 1.54) is 186 Å². The van der Waals surface area contributed by atoms with Crippen molar-refractivity contribution in [3.05, 3.63) is 24.5 Å². The highest BCUT2D eigenvalue weighted by Gasteiger charge is 2.25. The number of nitrogens with two attached hydrogens (primary N) is 1. The van der Waals surface area contributed by atoms with Crippen LogP contribution in [-0.4, -0.2) is 43.3 Å². The van der Waals surface area contributed by atoms with Gasteiger partial charge in [0.15, 0.2) is 6.10 Å². The summed E-state index contributed by atoms with van der Waals surface area (Å²) in [6.07, 6.45) is 51.5. The Labute approximate surface area is 346 Å². The van der Waals surface area contributed by atoms with Crippen LogP contribution in [0.3, 0.4) is 0 Å². The van der Waals surface area contributed by atoms with Crippen molar-refractivity contribution >= 4 is 13.8 Å². The van der Waals surface area contributed by atoms with Gasteiger partial charge in [-0.1, -0.05) is 199 Å². The van der Waals surface area contributed by atoms with Gasteiger partial charge in [-0.2, -0.15) is 0 Å². The topological polar surface area (TPSA) is 117 Å². The fraction of sp³-hybridized carbons (Fsp3) is 0.894. The minimum Gasteiger partial charge on any atom is -0.498 e. The Morgan fingerprint density at radius 1 is 0.536 bits per heavy atom. The molecule has 0 heterocycles. The molecule has 0 aliphatic rings. The third-order valence-corrected chi connectivity index (χ3v) is 11.4. The Bertz CT molecular complexity index is 915. The summed E-state index contributed by atoms with van der Waals surface area (Å²) >= 11 is 0. The van der Waals surface area contributed by atoms with Crippen molar-refractivity contribution in [1.82, 2.24) is 0 Å². The zero-order valence-electron chi connectivity index (χ0n) is 36.9. The summed E-state index contributed by atoms with van der Waals surface area (Å²) in [7, 11) is -4.29. The van der Waals surface area contributed by atoms with Gasteiger partial charge in [0.2, 0.25) is 0 Å². The van der Waals surface area contributed by atoms with E-state index in [1.54, 1.807) is 6.26 Å². The molecule has 0 saturated heterocycles. The minimum absolute atomic E-state index is 0.0359. The number of phosphoric ester groups is 1. The van der Waals surface area contributed by atoms with Gasteiger partial charge in [0.05, 0.1) is 19.5 Å². The van der Waals surface area contributed by atoms with Crippen molar-refractivity contribution in [3.63, 3.8) is 0 Å². The maximum Gasteiger partial charge on any atom is 0.472 e. The molecule has 0 saturated carbocycles. The van der Waals surface area contributed by atoms with Crippen molar-refractivity contribution in [2.75, 3.05) is 26.4 Å². The van der Waals surface area contributed by atoms with Crippen LogP contribution < -0.4 is 5.73 Å². The fourth-order valence-corrected chi connectivity index (χ4v) is 7.67. The van der Waals surface area contributed by atoms with E-state index in [9.17, 15) is 14.3 Å². The van der Waals surface area contributed by atoms with E-state index in [4.69, 9.17) is 24.3 Å². The van der Waals surface area contributed by atoms with Crippen LogP contribution in [0, 0.1) is 0 Å². The predicted molar refractivity (Wildman–Crippen MR) is 238 cm³/mol. The molecule has 0 bridgehead atoms. The quantitative estimate of drug-likeness (QED) is 0.0205. The molecule has 0 rings (SSSR count). The van der Waals surface area contributed by atoms with E-state index in [0.29, 0.717) is 6.42 Å². The fourth-order valence-electron chi connectivity index (χ4n) is 6.90. The summed E-state index contributed by atoms with van der Waals surface area (Å²) in [6.45, 7) is 4.27. The molecule has 9 heteroatoms. The first-order valence-corrected chi connectivity index (χ1v) is 25.4. The molecule has 8 nitrogen and oxygen atoms in total. The number of hydrogen-bond acceptors (Lipinski definition) is 7. The zero-order valence-corrected chi connectivity index (χ0v) is 37.8. The second-order valence-electron chi connectivity index (χ2n) is 16.0. The summed E-state index contributed by atoms with van der Waals surface area (Å²) < 4.78 is 33.3. The molecule has 2 unspecified atom stereocenters. The van der Waals surface area contributed by atoms with Gasteiger partial charge in [0.1, 0.15) is 6.61 Å². The smallest absolute Gasteiger partial charge is 0.472 e. The third kappa shape index (κ3) is 43.9. The predicted octanol–water partition coefficient (Wildman–Crippen LogP) is 14.8. The largest absolute Gasteiger partial charge is 0.498 e. The molecule has 0 spiro atoms. The van der Waals surface area contributed by atoms with Crippen molar-refractivity contribution < 1.29 is 32.8 Å². The highest BCUT2D eigenvalue weighted by Crippen LogP contribution is 2.43. The van der Waals surface area contributed by atoms with Gasteiger partial charge in [-0.3, -0.25) is 13.8 Å². The van der Waals surface area contributed by atoms with Crippen molar-refractivity contribution in [3.8, 4) is 0 Å². The highest BCUT2D eigenvalue weighted by atomic mass is 31.2.